The van der Waals surface area contributed by atoms with Crippen LogP contribution in [0.5, 0.6) is 0 Å². The number of benzene rings is 1. The van der Waals surface area contributed by atoms with Gasteiger partial charge in [-0.2, -0.15) is 0 Å². The lowest BCUT2D eigenvalue weighted by Crippen LogP contribution is -2.33. The van der Waals surface area contributed by atoms with Crippen molar-refractivity contribution in [2.24, 2.45) is 5.73 Å². The summed E-state index contributed by atoms with van der Waals surface area (Å²) in [6.07, 6.45) is 0.596. The van der Waals surface area contributed by atoms with Crippen LogP contribution in [-0.4, -0.2) is 22.9 Å². The lowest BCUT2D eigenvalue weighted by atomic mass is 10.0. The van der Waals surface area contributed by atoms with Crippen LogP contribution in [0.2, 0.25) is 0 Å². The van der Waals surface area contributed by atoms with Crippen molar-refractivity contribution in [2.75, 3.05) is 0 Å². The molecule has 1 rings (SSSR count). The van der Waals surface area contributed by atoms with Gasteiger partial charge < -0.3 is 10.8 Å². The highest BCUT2D eigenvalue weighted by Crippen LogP contribution is 2.04. The number of carbonyl (C=O) groups is 2. The molecule has 0 fully saturated rings. The zero-order valence-electron chi connectivity index (χ0n) is 8.93. The van der Waals surface area contributed by atoms with Gasteiger partial charge in [0.15, 0.2) is 0 Å². The van der Waals surface area contributed by atoms with Crippen LogP contribution in [0.1, 0.15) is 18.4 Å². The van der Waals surface area contributed by atoms with E-state index in [1.807, 2.05) is 30.3 Å². The van der Waals surface area contributed by atoms with Gasteiger partial charge in [-0.3, -0.25) is 9.59 Å². The molecule has 0 heterocycles. The Bertz CT molecular complexity index is 362. The van der Waals surface area contributed by atoms with Crippen molar-refractivity contribution in [1.29, 1.82) is 0 Å². The third-order valence-electron chi connectivity index (χ3n) is 2.31. The summed E-state index contributed by atoms with van der Waals surface area (Å²) in [7, 11) is 0. The predicted octanol–water partition coefficient (Wildman–Crippen LogP) is 0.990. The predicted molar refractivity (Wildman–Crippen MR) is 60.0 cm³/mol. The van der Waals surface area contributed by atoms with E-state index in [0.29, 0.717) is 12.8 Å². The molecule has 0 spiro atoms. The number of carboxylic acid groups (broad SMARTS) is 1. The number of aryl methyl sites for hydroxylation is 1. The van der Waals surface area contributed by atoms with Gasteiger partial charge in [0.2, 0.25) is 0 Å². The summed E-state index contributed by atoms with van der Waals surface area (Å²) in [5, 5.41) is 8.49. The van der Waals surface area contributed by atoms with E-state index in [1.165, 1.54) is 0 Å². The number of aliphatic carboxylic acids is 1. The van der Waals surface area contributed by atoms with Crippen LogP contribution in [-0.2, 0) is 16.0 Å². The highest BCUT2D eigenvalue weighted by atomic mass is 16.4. The van der Waals surface area contributed by atoms with E-state index in [-0.39, 0.29) is 12.2 Å². The fourth-order valence-corrected chi connectivity index (χ4v) is 1.40. The monoisotopic (exact) mass is 221 g/mol. The summed E-state index contributed by atoms with van der Waals surface area (Å²) in [4.78, 5) is 21.8. The standard InChI is InChI=1S/C12H15NO3/c13-10(8-12(15)16)11(14)7-6-9-4-2-1-3-5-9/h1-5,10H,6-8,13H2,(H,15,16). The first-order valence-electron chi connectivity index (χ1n) is 5.13. The van der Waals surface area contributed by atoms with Crippen molar-refractivity contribution in [2.45, 2.75) is 25.3 Å². The SMILES string of the molecule is NC(CC(=O)O)C(=O)CCc1ccccc1. The molecule has 0 aliphatic heterocycles. The van der Waals surface area contributed by atoms with Crippen LogP contribution in [0.15, 0.2) is 30.3 Å². The Morgan fingerprint density at radius 1 is 1.25 bits per heavy atom. The van der Waals surface area contributed by atoms with Crippen LogP contribution in [0.3, 0.4) is 0 Å². The minimum absolute atomic E-state index is 0.203. The number of carboxylic acids is 1. The van der Waals surface area contributed by atoms with Gasteiger partial charge in [0.25, 0.3) is 0 Å². The molecule has 0 saturated carbocycles. The third kappa shape index (κ3) is 4.23. The molecule has 1 atom stereocenters. The van der Waals surface area contributed by atoms with Crippen LogP contribution in [0.4, 0.5) is 0 Å². The molecule has 1 aromatic carbocycles. The summed E-state index contributed by atoms with van der Waals surface area (Å²) < 4.78 is 0. The number of carbonyl (C=O) groups excluding carboxylic acids is 1. The van der Waals surface area contributed by atoms with Crippen molar-refractivity contribution >= 4 is 11.8 Å². The summed E-state index contributed by atoms with van der Waals surface area (Å²) in [6, 6.07) is 8.67. The first-order chi connectivity index (χ1) is 7.59. The summed E-state index contributed by atoms with van der Waals surface area (Å²) in [6.45, 7) is 0. The first-order valence-corrected chi connectivity index (χ1v) is 5.13. The Kier molecular flexibility index (Phi) is 4.66. The second-order valence-corrected chi connectivity index (χ2v) is 3.66. The normalized spacial score (nSPS) is 12.1. The largest absolute Gasteiger partial charge is 0.481 e. The van der Waals surface area contributed by atoms with Crippen molar-refractivity contribution in [3.05, 3.63) is 35.9 Å². The molecule has 0 saturated heterocycles. The molecule has 4 nitrogen and oxygen atoms in total. The fourth-order valence-electron chi connectivity index (χ4n) is 1.40. The van der Waals surface area contributed by atoms with Gasteiger partial charge in [-0.25, -0.2) is 0 Å². The Labute approximate surface area is 94.1 Å². The van der Waals surface area contributed by atoms with Gasteiger partial charge >= 0.3 is 5.97 Å². The number of hydrogen-bond donors (Lipinski definition) is 2. The van der Waals surface area contributed by atoms with Gasteiger partial charge in [0.1, 0.15) is 5.78 Å². The topological polar surface area (TPSA) is 80.4 Å². The molecule has 4 heteroatoms. The van der Waals surface area contributed by atoms with Crippen molar-refractivity contribution < 1.29 is 14.7 Å². The van der Waals surface area contributed by atoms with Gasteiger partial charge in [-0.05, 0) is 12.0 Å². The van der Waals surface area contributed by atoms with E-state index in [2.05, 4.69) is 0 Å². The number of hydrogen-bond acceptors (Lipinski definition) is 3. The molecule has 16 heavy (non-hydrogen) atoms. The molecule has 0 amide bonds. The van der Waals surface area contributed by atoms with E-state index in [1.54, 1.807) is 0 Å². The number of Topliss-reactive ketones (excluding diaryl/α,β-unsaturated/α-hetero) is 1. The summed E-state index contributed by atoms with van der Waals surface area (Å²) >= 11 is 0. The van der Waals surface area contributed by atoms with Gasteiger partial charge in [0, 0.05) is 6.42 Å². The van der Waals surface area contributed by atoms with Crippen molar-refractivity contribution in [1.82, 2.24) is 0 Å². The number of nitrogens with two attached hydrogens (primary N) is 1. The maximum absolute atomic E-state index is 11.5. The molecule has 0 bridgehead atoms. The molecule has 0 radical (unpaired) electrons. The molecule has 86 valence electrons. The highest BCUT2D eigenvalue weighted by Gasteiger charge is 2.16. The molecular weight excluding hydrogens is 206 g/mol. The fraction of sp³-hybridized carbons (Fsp3) is 0.333. The van der Waals surface area contributed by atoms with Crippen LogP contribution in [0, 0.1) is 0 Å². The lowest BCUT2D eigenvalue weighted by molar-refractivity contribution is -0.139. The molecule has 1 aromatic rings. The van der Waals surface area contributed by atoms with Crippen molar-refractivity contribution in [3.63, 3.8) is 0 Å². The Morgan fingerprint density at radius 2 is 1.88 bits per heavy atom. The maximum atomic E-state index is 11.5. The van der Waals surface area contributed by atoms with E-state index in [4.69, 9.17) is 10.8 Å². The Morgan fingerprint density at radius 3 is 2.44 bits per heavy atom. The quantitative estimate of drug-likeness (QED) is 0.750. The molecular formula is C12H15NO3. The van der Waals surface area contributed by atoms with Gasteiger partial charge in [0.05, 0.1) is 12.5 Å². The second kappa shape index (κ2) is 6.02. The first kappa shape index (κ1) is 12.4. The van der Waals surface area contributed by atoms with Crippen LogP contribution < -0.4 is 5.73 Å². The van der Waals surface area contributed by atoms with E-state index >= 15 is 0 Å². The number of rotatable bonds is 6. The Balaban J connectivity index is 2.38. The highest BCUT2D eigenvalue weighted by molar-refractivity contribution is 5.87. The second-order valence-electron chi connectivity index (χ2n) is 3.66. The van der Waals surface area contributed by atoms with E-state index < -0.39 is 12.0 Å². The van der Waals surface area contributed by atoms with Gasteiger partial charge in [-0.1, -0.05) is 30.3 Å². The molecule has 1 unspecified atom stereocenters. The molecule has 0 aliphatic carbocycles. The average Bonchev–Trinajstić information content (AvgIpc) is 2.26. The third-order valence-corrected chi connectivity index (χ3v) is 2.31. The van der Waals surface area contributed by atoms with E-state index in [0.717, 1.165) is 5.56 Å². The maximum Gasteiger partial charge on any atom is 0.305 e. The molecule has 0 aliphatic rings. The minimum Gasteiger partial charge on any atom is -0.481 e. The summed E-state index contributed by atoms with van der Waals surface area (Å²) in [5.74, 6) is -1.24. The molecule has 0 aromatic heterocycles. The zero-order valence-corrected chi connectivity index (χ0v) is 8.93. The zero-order chi connectivity index (χ0) is 12.0. The van der Waals surface area contributed by atoms with E-state index in [9.17, 15) is 9.59 Å². The molecule has 3 N–H and O–H groups in total. The smallest absolute Gasteiger partial charge is 0.305 e. The van der Waals surface area contributed by atoms with Crippen LogP contribution >= 0.6 is 0 Å². The summed E-state index contributed by atoms with van der Waals surface area (Å²) in [5.41, 5.74) is 6.51. The Hall–Kier alpha value is -1.68. The van der Waals surface area contributed by atoms with Gasteiger partial charge in [-0.15, -0.1) is 0 Å². The number of ketones is 1. The lowest BCUT2D eigenvalue weighted by Gasteiger charge is -2.07. The minimum atomic E-state index is -1.04. The van der Waals surface area contributed by atoms with Crippen LogP contribution in [0.25, 0.3) is 0 Å². The average molecular weight is 221 g/mol. The van der Waals surface area contributed by atoms with Crippen molar-refractivity contribution in [3.8, 4) is 0 Å².